The van der Waals surface area contributed by atoms with Crippen LogP contribution in [-0.4, -0.2) is 34.5 Å². The summed E-state index contributed by atoms with van der Waals surface area (Å²) in [6.07, 6.45) is 3.18. The van der Waals surface area contributed by atoms with E-state index in [1.807, 2.05) is 32.9 Å². The Labute approximate surface area is 113 Å². The van der Waals surface area contributed by atoms with E-state index in [-0.39, 0.29) is 30.3 Å². The molecule has 1 saturated heterocycles. The summed E-state index contributed by atoms with van der Waals surface area (Å²) >= 11 is 0. The number of carbonyl (C=O) groups is 1. The van der Waals surface area contributed by atoms with Crippen LogP contribution in [0.1, 0.15) is 33.6 Å². The van der Waals surface area contributed by atoms with E-state index in [9.17, 15) is 15.0 Å². The second-order valence-electron chi connectivity index (χ2n) is 5.72. The fourth-order valence-corrected chi connectivity index (χ4v) is 2.70. The number of esters is 1. The molecule has 5 atom stereocenters. The average molecular weight is 266 g/mol. The van der Waals surface area contributed by atoms with Crippen molar-refractivity contribution in [2.75, 3.05) is 0 Å². The van der Waals surface area contributed by atoms with E-state index in [2.05, 4.69) is 0 Å². The van der Waals surface area contributed by atoms with E-state index in [0.29, 0.717) is 6.42 Å². The van der Waals surface area contributed by atoms with Crippen LogP contribution in [0.5, 0.6) is 0 Å². The van der Waals surface area contributed by atoms with Gasteiger partial charge in [0.2, 0.25) is 0 Å². The molecule has 0 amide bonds. The van der Waals surface area contributed by atoms with Gasteiger partial charge >= 0.3 is 5.97 Å². The number of aliphatic hydroxyl groups is 2. The lowest BCUT2D eigenvalue weighted by molar-refractivity contribution is -0.142. The fraction of sp³-hybridized carbons (Fsp3) is 0.667. The quantitative estimate of drug-likeness (QED) is 0.516. The van der Waals surface area contributed by atoms with Crippen LogP contribution in [-0.2, 0) is 9.53 Å². The van der Waals surface area contributed by atoms with Crippen molar-refractivity contribution in [3.63, 3.8) is 0 Å². The normalized spacial score (nSPS) is 45.5. The molecule has 0 saturated carbocycles. The van der Waals surface area contributed by atoms with Gasteiger partial charge in [-0.05, 0) is 37.5 Å². The molecule has 2 aliphatic rings. The van der Waals surface area contributed by atoms with Gasteiger partial charge in [0, 0.05) is 12.3 Å². The smallest absolute Gasteiger partial charge is 0.309 e. The second kappa shape index (κ2) is 5.47. The molecule has 0 aromatic rings. The Morgan fingerprint density at radius 2 is 1.84 bits per heavy atom. The molecule has 19 heavy (non-hydrogen) atoms. The summed E-state index contributed by atoms with van der Waals surface area (Å²) in [6.45, 7) is 5.54. The maximum absolute atomic E-state index is 11.7. The SMILES string of the molecule is C/C1=C/C[C@H]2[C@H](C)C(=O)O[C@@H]2/C=C(/C)[C@@H](O)C[C@@H]1O. The van der Waals surface area contributed by atoms with Gasteiger partial charge in [-0.15, -0.1) is 0 Å². The van der Waals surface area contributed by atoms with Gasteiger partial charge < -0.3 is 14.9 Å². The van der Waals surface area contributed by atoms with Crippen LogP contribution in [0.4, 0.5) is 0 Å². The number of carbonyl (C=O) groups excluding carboxylic acids is 1. The third kappa shape index (κ3) is 2.90. The monoisotopic (exact) mass is 266 g/mol. The minimum atomic E-state index is -0.702. The topological polar surface area (TPSA) is 66.8 Å². The van der Waals surface area contributed by atoms with E-state index in [0.717, 1.165) is 11.1 Å². The van der Waals surface area contributed by atoms with Gasteiger partial charge in [-0.1, -0.05) is 13.0 Å². The standard InChI is InChI=1S/C15H22O4/c1-8-4-5-11-10(3)15(18)19-14(11)6-9(2)13(17)7-12(8)16/h4,6,10-14,16-17H,5,7H2,1-3H3/b8-4-,9-6-/t10-,11-,12-,13-,14+/m0/s1. The molecule has 4 nitrogen and oxygen atoms in total. The summed E-state index contributed by atoms with van der Waals surface area (Å²) in [6, 6.07) is 0. The van der Waals surface area contributed by atoms with Crippen molar-refractivity contribution in [1.82, 2.24) is 0 Å². The molecule has 1 fully saturated rings. The number of hydrogen-bond acceptors (Lipinski definition) is 4. The molecule has 1 aliphatic heterocycles. The van der Waals surface area contributed by atoms with Crippen molar-refractivity contribution in [2.24, 2.45) is 11.8 Å². The van der Waals surface area contributed by atoms with Gasteiger partial charge in [0.25, 0.3) is 0 Å². The van der Waals surface area contributed by atoms with E-state index >= 15 is 0 Å². The maximum Gasteiger partial charge on any atom is 0.309 e. The third-order valence-corrected chi connectivity index (χ3v) is 4.33. The molecule has 0 aromatic carbocycles. The lowest BCUT2D eigenvalue weighted by Crippen LogP contribution is -2.24. The predicted octanol–water partition coefficient (Wildman–Crippen LogP) is 1.57. The predicted molar refractivity (Wildman–Crippen MR) is 71.3 cm³/mol. The third-order valence-electron chi connectivity index (χ3n) is 4.33. The largest absolute Gasteiger partial charge is 0.458 e. The Hall–Kier alpha value is -1.13. The van der Waals surface area contributed by atoms with Gasteiger partial charge in [-0.2, -0.15) is 0 Å². The number of hydrogen-bond donors (Lipinski definition) is 2. The maximum atomic E-state index is 11.7. The zero-order valence-electron chi connectivity index (χ0n) is 11.7. The molecule has 1 heterocycles. The minimum absolute atomic E-state index is 0.0786. The molecule has 2 rings (SSSR count). The van der Waals surface area contributed by atoms with E-state index < -0.39 is 12.2 Å². The highest BCUT2D eigenvalue weighted by atomic mass is 16.6. The summed E-state index contributed by atoms with van der Waals surface area (Å²) in [5, 5.41) is 20.0. The van der Waals surface area contributed by atoms with Crippen molar-refractivity contribution in [1.29, 1.82) is 0 Å². The Morgan fingerprint density at radius 1 is 1.21 bits per heavy atom. The van der Waals surface area contributed by atoms with Crippen molar-refractivity contribution >= 4 is 5.97 Å². The zero-order valence-corrected chi connectivity index (χ0v) is 11.7. The molecule has 2 N–H and O–H groups in total. The first-order chi connectivity index (χ1) is 8.90. The Balaban J connectivity index is 2.32. The molecule has 4 heteroatoms. The Morgan fingerprint density at radius 3 is 2.53 bits per heavy atom. The molecule has 106 valence electrons. The Bertz CT molecular complexity index is 424. The van der Waals surface area contributed by atoms with Crippen molar-refractivity contribution in [3.8, 4) is 0 Å². The lowest BCUT2D eigenvalue weighted by Gasteiger charge is -2.22. The van der Waals surface area contributed by atoms with Gasteiger partial charge in [-0.25, -0.2) is 0 Å². The molecular weight excluding hydrogens is 244 g/mol. The molecule has 0 radical (unpaired) electrons. The fourth-order valence-electron chi connectivity index (χ4n) is 2.70. The van der Waals surface area contributed by atoms with Crippen molar-refractivity contribution < 1.29 is 19.7 Å². The van der Waals surface area contributed by atoms with Crippen LogP contribution >= 0.6 is 0 Å². The molecule has 1 aliphatic carbocycles. The molecule has 0 aromatic heterocycles. The summed E-state index contributed by atoms with van der Waals surface area (Å²) in [5.41, 5.74) is 1.60. The first kappa shape index (κ1) is 14.3. The van der Waals surface area contributed by atoms with Crippen molar-refractivity contribution in [3.05, 3.63) is 23.3 Å². The number of fused-ring (bicyclic) bond motifs is 1. The van der Waals surface area contributed by atoms with E-state index in [1.54, 1.807) is 0 Å². The summed E-state index contributed by atoms with van der Waals surface area (Å²) in [4.78, 5) is 11.7. The van der Waals surface area contributed by atoms with Crippen LogP contribution in [0.25, 0.3) is 0 Å². The lowest BCUT2D eigenvalue weighted by atomic mass is 9.85. The van der Waals surface area contributed by atoms with Crippen LogP contribution < -0.4 is 0 Å². The first-order valence-corrected chi connectivity index (χ1v) is 6.81. The Kier molecular flexibility index (Phi) is 4.11. The summed E-state index contributed by atoms with van der Waals surface area (Å²) < 4.78 is 5.37. The molecule has 0 unspecified atom stereocenters. The molecule has 0 bridgehead atoms. The summed E-state index contributed by atoms with van der Waals surface area (Å²) in [7, 11) is 0. The van der Waals surface area contributed by atoms with Gasteiger partial charge in [0.05, 0.1) is 18.1 Å². The van der Waals surface area contributed by atoms with Gasteiger partial charge in [-0.3, -0.25) is 4.79 Å². The number of aliphatic hydroxyl groups excluding tert-OH is 2. The summed E-state index contributed by atoms with van der Waals surface area (Å²) in [5.74, 6) is -0.249. The average Bonchev–Trinajstić information content (AvgIpc) is 2.61. The molecular formula is C15H22O4. The number of ether oxygens (including phenoxy) is 1. The highest BCUT2D eigenvalue weighted by molar-refractivity contribution is 5.75. The van der Waals surface area contributed by atoms with Crippen LogP contribution in [0, 0.1) is 11.8 Å². The van der Waals surface area contributed by atoms with E-state index in [4.69, 9.17) is 4.74 Å². The number of rotatable bonds is 0. The van der Waals surface area contributed by atoms with Crippen LogP contribution in [0.3, 0.4) is 0 Å². The van der Waals surface area contributed by atoms with Crippen LogP contribution in [0.15, 0.2) is 23.3 Å². The molecule has 0 spiro atoms. The highest BCUT2D eigenvalue weighted by Gasteiger charge is 2.40. The van der Waals surface area contributed by atoms with E-state index in [1.165, 1.54) is 0 Å². The highest BCUT2D eigenvalue weighted by Crippen LogP contribution is 2.34. The number of allylic oxidation sites excluding steroid dienone is 1. The van der Waals surface area contributed by atoms with Crippen molar-refractivity contribution in [2.45, 2.75) is 51.9 Å². The zero-order chi connectivity index (χ0) is 14.2. The second-order valence-corrected chi connectivity index (χ2v) is 5.72. The van der Waals surface area contributed by atoms with Gasteiger partial charge in [0.1, 0.15) is 6.10 Å². The van der Waals surface area contributed by atoms with Gasteiger partial charge in [0.15, 0.2) is 0 Å². The van der Waals surface area contributed by atoms with Crippen LogP contribution in [0.2, 0.25) is 0 Å². The first-order valence-electron chi connectivity index (χ1n) is 6.81. The minimum Gasteiger partial charge on any atom is -0.458 e.